The predicted octanol–water partition coefficient (Wildman–Crippen LogP) is 4.42. The fourth-order valence-corrected chi connectivity index (χ4v) is 3.55. The molecule has 0 saturated heterocycles. The first-order valence-corrected chi connectivity index (χ1v) is 9.09. The molecule has 6 heteroatoms. The summed E-state index contributed by atoms with van der Waals surface area (Å²) in [4.78, 5) is 20.0. The molecule has 0 radical (unpaired) electrons. The molecule has 1 atom stereocenters. The van der Waals surface area contributed by atoms with Crippen molar-refractivity contribution in [3.8, 4) is 0 Å². The van der Waals surface area contributed by atoms with Crippen LogP contribution in [-0.4, -0.2) is 22.0 Å². The SMILES string of the molecule is Cc1cnc(C(C)NC(=O)N(Cc2ccccc2F)C2CCC2)s1. The topological polar surface area (TPSA) is 45.2 Å². The summed E-state index contributed by atoms with van der Waals surface area (Å²) in [7, 11) is 0. The standard InChI is InChI=1S/C18H22FN3OS/c1-12-10-20-17(24-12)13(2)21-18(23)22(15-7-5-8-15)11-14-6-3-4-9-16(14)19/h3-4,6,9-10,13,15H,5,7-8,11H2,1-2H3,(H,21,23). The minimum atomic E-state index is -0.266. The number of carbonyl (C=O) groups excluding carboxylic acids is 1. The van der Waals surface area contributed by atoms with Gasteiger partial charge in [-0.25, -0.2) is 14.2 Å². The van der Waals surface area contributed by atoms with E-state index in [-0.39, 0.29) is 23.9 Å². The normalized spacial score (nSPS) is 15.6. The van der Waals surface area contributed by atoms with Gasteiger partial charge in [0.2, 0.25) is 0 Å². The van der Waals surface area contributed by atoms with Crippen LogP contribution in [0.2, 0.25) is 0 Å². The molecule has 0 bridgehead atoms. The fourth-order valence-electron chi connectivity index (χ4n) is 2.78. The minimum Gasteiger partial charge on any atom is -0.329 e. The molecule has 0 aliphatic heterocycles. The Bertz CT molecular complexity index is 714. The first-order chi connectivity index (χ1) is 11.5. The molecule has 1 fully saturated rings. The summed E-state index contributed by atoms with van der Waals surface area (Å²) < 4.78 is 14.0. The third-order valence-electron chi connectivity index (χ3n) is 4.42. The number of urea groups is 1. The van der Waals surface area contributed by atoms with Crippen molar-refractivity contribution in [3.05, 3.63) is 51.7 Å². The summed E-state index contributed by atoms with van der Waals surface area (Å²) in [5.41, 5.74) is 0.553. The summed E-state index contributed by atoms with van der Waals surface area (Å²) in [6.07, 6.45) is 4.89. The molecule has 24 heavy (non-hydrogen) atoms. The number of benzene rings is 1. The molecule has 1 N–H and O–H groups in total. The average Bonchev–Trinajstić information content (AvgIpc) is 2.93. The van der Waals surface area contributed by atoms with Gasteiger partial charge in [-0.05, 0) is 39.2 Å². The highest BCUT2D eigenvalue weighted by atomic mass is 32.1. The molecule has 1 saturated carbocycles. The first-order valence-electron chi connectivity index (χ1n) is 8.27. The van der Waals surface area contributed by atoms with Crippen LogP contribution in [-0.2, 0) is 6.54 Å². The van der Waals surface area contributed by atoms with E-state index in [4.69, 9.17) is 0 Å². The Morgan fingerprint density at radius 3 is 2.79 bits per heavy atom. The minimum absolute atomic E-state index is 0.150. The van der Waals surface area contributed by atoms with Crippen LogP contribution in [0.15, 0.2) is 30.5 Å². The summed E-state index contributed by atoms with van der Waals surface area (Å²) in [5.74, 6) is -0.266. The Kier molecular flexibility index (Phi) is 5.14. The Morgan fingerprint density at radius 2 is 2.21 bits per heavy atom. The van der Waals surface area contributed by atoms with E-state index >= 15 is 0 Å². The zero-order chi connectivity index (χ0) is 17.1. The third kappa shape index (κ3) is 3.75. The van der Waals surface area contributed by atoms with E-state index in [9.17, 15) is 9.18 Å². The molecule has 2 amide bonds. The molecule has 0 spiro atoms. The van der Waals surface area contributed by atoms with Gasteiger partial charge in [-0.1, -0.05) is 18.2 Å². The van der Waals surface area contributed by atoms with E-state index in [1.54, 1.807) is 34.4 Å². The number of aromatic nitrogens is 1. The fraction of sp³-hybridized carbons (Fsp3) is 0.444. The van der Waals surface area contributed by atoms with Crippen LogP contribution in [0.25, 0.3) is 0 Å². The molecule has 1 heterocycles. The van der Waals surface area contributed by atoms with Crippen molar-refractivity contribution in [3.63, 3.8) is 0 Å². The predicted molar refractivity (Wildman–Crippen MR) is 93.4 cm³/mol. The van der Waals surface area contributed by atoms with Crippen LogP contribution in [0, 0.1) is 12.7 Å². The molecule has 1 aromatic carbocycles. The number of rotatable bonds is 5. The summed E-state index contributed by atoms with van der Waals surface area (Å²) in [6.45, 7) is 4.22. The van der Waals surface area contributed by atoms with Gasteiger partial charge in [0, 0.05) is 22.7 Å². The van der Waals surface area contributed by atoms with Crippen LogP contribution in [0.3, 0.4) is 0 Å². The summed E-state index contributed by atoms with van der Waals surface area (Å²) >= 11 is 1.58. The van der Waals surface area contributed by atoms with Gasteiger partial charge in [-0.15, -0.1) is 11.3 Å². The number of nitrogens with one attached hydrogen (secondary N) is 1. The second-order valence-electron chi connectivity index (χ2n) is 6.28. The highest BCUT2D eigenvalue weighted by Gasteiger charge is 2.30. The van der Waals surface area contributed by atoms with Crippen molar-refractivity contribution in [2.75, 3.05) is 0 Å². The van der Waals surface area contributed by atoms with Crippen molar-refractivity contribution in [2.24, 2.45) is 0 Å². The lowest BCUT2D eigenvalue weighted by atomic mass is 9.91. The van der Waals surface area contributed by atoms with Gasteiger partial charge in [0.05, 0.1) is 12.6 Å². The molecule has 4 nitrogen and oxygen atoms in total. The van der Waals surface area contributed by atoms with Gasteiger partial charge in [-0.3, -0.25) is 0 Å². The van der Waals surface area contributed by atoms with Gasteiger partial charge in [0.15, 0.2) is 0 Å². The largest absolute Gasteiger partial charge is 0.329 e. The molecule has 1 aromatic heterocycles. The lowest BCUT2D eigenvalue weighted by Crippen LogP contribution is -2.49. The van der Waals surface area contributed by atoms with E-state index in [0.29, 0.717) is 12.1 Å². The molecule has 2 aromatic rings. The Labute approximate surface area is 145 Å². The number of carbonyl (C=O) groups is 1. The molecule has 1 unspecified atom stereocenters. The molecule has 3 rings (SSSR count). The first kappa shape index (κ1) is 16.9. The van der Waals surface area contributed by atoms with E-state index in [1.807, 2.05) is 20.0 Å². The van der Waals surface area contributed by atoms with Gasteiger partial charge < -0.3 is 10.2 Å². The number of hydrogen-bond acceptors (Lipinski definition) is 3. The molecule has 1 aliphatic carbocycles. The van der Waals surface area contributed by atoms with Crippen LogP contribution in [0.4, 0.5) is 9.18 Å². The Balaban J connectivity index is 1.71. The van der Waals surface area contributed by atoms with Gasteiger partial charge in [-0.2, -0.15) is 0 Å². The number of nitrogens with zero attached hydrogens (tertiary/aromatic N) is 2. The molecule has 128 valence electrons. The zero-order valence-electron chi connectivity index (χ0n) is 14.0. The van der Waals surface area contributed by atoms with E-state index < -0.39 is 0 Å². The lowest BCUT2D eigenvalue weighted by molar-refractivity contribution is 0.130. The third-order valence-corrected chi connectivity index (χ3v) is 5.52. The van der Waals surface area contributed by atoms with Crippen molar-refractivity contribution in [1.29, 1.82) is 0 Å². The van der Waals surface area contributed by atoms with Crippen LogP contribution < -0.4 is 5.32 Å². The smallest absolute Gasteiger partial charge is 0.318 e. The number of thiazole rings is 1. The van der Waals surface area contributed by atoms with Gasteiger partial charge in [0.25, 0.3) is 0 Å². The van der Waals surface area contributed by atoms with Gasteiger partial charge in [0.1, 0.15) is 10.8 Å². The number of hydrogen-bond donors (Lipinski definition) is 1. The second kappa shape index (κ2) is 7.30. The molecular weight excluding hydrogens is 325 g/mol. The van der Waals surface area contributed by atoms with E-state index in [2.05, 4.69) is 10.3 Å². The molecular formula is C18H22FN3OS. The monoisotopic (exact) mass is 347 g/mol. The van der Waals surface area contributed by atoms with Crippen molar-refractivity contribution < 1.29 is 9.18 Å². The number of halogens is 1. The van der Waals surface area contributed by atoms with Crippen molar-refractivity contribution in [2.45, 2.75) is 51.7 Å². The Morgan fingerprint density at radius 1 is 1.46 bits per heavy atom. The lowest BCUT2D eigenvalue weighted by Gasteiger charge is -2.38. The number of aryl methyl sites for hydroxylation is 1. The second-order valence-corrected chi connectivity index (χ2v) is 7.55. The van der Waals surface area contributed by atoms with Crippen molar-refractivity contribution in [1.82, 2.24) is 15.2 Å². The summed E-state index contributed by atoms with van der Waals surface area (Å²) in [6, 6.07) is 6.53. The van der Waals surface area contributed by atoms with Crippen LogP contribution in [0.1, 0.15) is 47.7 Å². The van der Waals surface area contributed by atoms with Crippen molar-refractivity contribution >= 4 is 17.4 Å². The van der Waals surface area contributed by atoms with E-state index in [1.165, 1.54) is 6.07 Å². The van der Waals surface area contributed by atoms with Crippen LogP contribution in [0.5, 0.6) is 0 Å². The van der Waals surface area contributed by atoms with Gasteiger partial charge >= 0.3 is 6.03 Å². The average molecular weight is 347 g/mol. The number of amides is 2. The highest BCUT2D eigenvalue weighted by Crippen LogP contribution is 2.28. The Hall–Kier alpha value is -1.95. The maximum atomic E-state index is 14.0. The zero-order valence-corrected chi connectivity index (χ0v) is 14.8. The highest BCUT2D eigenvalue weighted by molar-refractivity contribution is 7.11. The maximum Gasteiger partial charge on any atom is 0.318 e. The summed E-state index contributed by atoms with van der Waals surface area (Å²) in [5, 5.41) is 3.90. The molecule has 1 aliphatic rings. The van der Waals surface area contributed by atoms with E-state index in [0.717, 1.165) is 29.1 Å². The maximum absolute atomic E-state index is 14.0. The van der Waals surface area contributed by atoms with Crippen LogP contribution >= 0.6 is 11.3 Å². The quantitative estimate of drug-likeness (QED) is 0.870.